The highest BCUT2D eigenvalue weighted by Gasteiger charge is 2.25. The van der Waals surface area contributed by atoms with Gasteiger partial charge in [0.1, 0.15) is 10.0 Å². The summed E-state index contributed by atoms with van der Waals surface area (Å²) in [6.45, 7) is 0. The third kappa shape index (κ3) is 2.48. The number of halogens is 2. The number of hydrogen-bond acceptors (Lipinski definition) is 3. The molecule has 88 valence electrons. The zero-order valence-corrected chi connectivity index (χ0v) is 10.6. The van der Waals surface area contributed by atoms with E-state index in [1.807, 2.05) is 0 Å². The quantitative estimate of drug-likeness (QED) is 0.864. The van der Waals surface area contributed by atoms with E-state index in [0.29, 0.717) is 0 Å². The molecule has 0 amide bonds. The summed E-state index contributed by atoms with van der Waals surface area (Å²) in [5, 5.41) is 0.238. The first-order chi connectivity index (χ1) is 7.49. The summed E-state index contributed by atoms with van der Waals surface area (Å²) in [5.74, 6) is 0. The third-order valence-corrected chi connectivity index (χ3v) is 4.68. The number of nitrogens with one attached hydrogen (secondary N) is 1. The van der Waals surface area contributed by atoms with Gasteiger partial charge in [-0.15, -0.1) is 0 Å². The zero-order chi connectivity index (χ0) is 11.8. The molecular weight excluding hydrogens is 271 g/mol. The Kier molecular flexibility index (Phi) is 3.39. The van der Waals surface area contributed by atoms with Crippen molar-refractivity contribution in [2.24, 2.45) is 0 Å². The molecule has 4 nitrogen and oxygen atoms in total. The molecule has 0 aliphatic heterocycles. The van der Waals surface area contributed by atoms with Crippen molar-refractivity contribution in [1.29, 1.82) is 0 Å². The van der Waals surface area contributed by atoms with E-state index >= 15 is 0 Å². The van der Waals surface area contributed by atoms with Gasteiger partial charge in [-0.05, 0) is 18.9 Å². The van der Waals surface area contributed by atoms with Crippen LogP contribution in [0.5, 0.6) is 0 Å². The first-order valence-corrected chi connectivity index (χ1v) is 7.06. The summed E-state index contributed by atoms with van der Waals surface area (Å²) in [4.78, 5) is 3.76. The van der Waals surface area contributed by atoms with Gasteiger partial charge < -0.3 is 0 Å². The highest BCUT2D eigenvalue weighted by molar-refractivity contribution is 7.89. The molecule has 1 aromatic rings. The minimum Gasteiger partial charge on any atom is -0.242 e. The van der Waals surface area contributed by atoms with Crippen LogP contribution >= 0.6 is 23.2 Å². The average Bonchev–Trinajstić information content (AvgIpc) is 2.16. The normalized spacial score (nSPS) is 17.1. The molecule has 0 bridgehead atoms. The van der Waals surface area contributed by atoms with Crippen molar-refractivity contribution in [3.05, 3.63) is 22.4 Å². The molecule has 2 rings (SSSR count). The van der Waals surface area contributed by atoms with E-state index in [1.165, 1.54) is 12.3 Å². The lowest BCUT2D eigenvalue weighted by Crippen LogP contribution is -2.39. The average molecular weight is 281 g/mol. The second kappa shape index (κ2) is 4.49. The third-order valence-electron chi connectivity index (χ3n) is 2.51. The van der Waals surface area contributed by atoms with Gasteiger partial charge in [0.2, 0.25) is 10.0 Å². The van der Waals surface area contributed by atoms with E-state index in [-0.39, 0.29) is 21.1 Å². The summed E-state index contributed by atoms with van der Waals surface area (Å²) in [5.41, 5.74) is 0. The number of hydrogen-bond donors (Lipinski definition) is 1. The predicted octanol–water partition coefficient (Wildman–Crippen LogP) is 2.22. The Morgan fingerprint density at radius 2 is 2.06 bits per heavy atom. The molecule has 1 aliphatic carbocycles. The summed E-state index contributed by atoms with van der Waals surface area (Å²) in [6, 6.07) is 1.34. The van der Waals surface area contributed by atoms with Gasteiger partial charge in [0, 0.05) is 12.2 Å². The van der Waals surface area contributed by atoms with E-state index in [4.69, 9.17) is 23.2 Å². The molecule has 16 heavy (non-hydrogen) atoms. The number of pyridine rings is 1. The largest absolute Gasteiger partial charge is 0.242 e. The lowest BCUT2D eigenvalue weighted by atomic mass is 9.94. The Morgan fingerprint density at radius 1 is 1.38 bits per heavy atom. The van der Waals surface area contributed by atoms with E-state index in [0.717, 1.165) is 19.3 Å². The molecule has 0 spiro atoms. The molecule has 0 unspecified atom stereocenters. The molecule has 1 saturated carbocycles. The summed E-state index contributed by atoms with van der Waals surface area (Å²) < 4.78 is 26.3. The maximum absolute atomic E-state index is 11.8. The molecule has 1 heterocycles. The Morgan fingerprint density at radius 3 is 2.56 bits per heavy atom. The van der Waals surface area contributed by atoms with Crippen molar-refractivity contribution in [1.82, 2.24) is 9.71 Å². The molecule has 0 radical (unpaired) electrons. The lowest BCUT2D eigenvalue weighted by molar-refractivity contribution is 0.383. The zero-order valence-electron chi connectivity index (χ0n) is 8.28. The summed E-state index contributed by atoms with van der Waals surface area (Å²) >= 11 is 11.3. The molecule has 7 heteroatoms. The van der Waals surface area contributed by atoms with Gasteiger partial charge in [0.25, 0.3) is 0 Å². The second-order valence-electron chi connectivity index (χ2n) is 3.69. The maximum Gasteiger partial charge on any atom is 0.242 e. The van der Waals surface area contributed by atoms with E-state index < -0.39 is 10.0 Å². The maximum atomic E-state index is 11.8. The number of aromatic nitrogens is 1. The molecule has 1 aromatic heterocycles. The van der Waals surface area contributed by atoms with Crippen LogP contribution in [-0.4, -0.2) is 19.4 Å². The van der Waals surface area contributed by atoms with Crippen molar-refractivity contribution in [2.75, 3.05) is 0 Å². The van der Waals surface area contributed by atoms with E-state index in [1.54, 1.807) is 0 Å². The van der Waals surface area contributed by atoms with Crippen LogP contribution in [0.2, 0.25) is 10.2 Å². The van der Waals surface area contributed by atoms with Crippen molar-refractivity contribution < 1.29 is 8.42 Å². The molecule has 0 aromatic carbocycles. The highest BCUT2D eigenvalue weighted by atomic mass is 35.5. The first kappa shape index (κ1) is 12.1. The smallest absolute Gasteiger partial charge is 0.242 e. The van der Waals surface area contributed by atoms with Crippen LogP contribution in [0.4, 0.5) is 0 Å². The molecule has 0 saturated heterocycles. The fraction of sp³-hybridized carbons (Fsp3) is 0.444. The van der Waals surface area contributed by atoms with Crippen LogP contribution in [0.25, 0.3) is 0 Å². The molecule has 1 aliphatic rings. The highest BCUT2D eigenvalue weighted by Crippen LogP contribution is 2.24. The monoisotopic (exact) mass is 280 g/mol. The number of nitrogens with zero attached hydrogens (tertiary/aromatic N) is 1. The van der Waals surface area contributed by atoms with E-state index in [9.17, 15) is 8.42 Å². The predicted molar refractivity (Wildman–Crippen MR) is 62.2 cm³/mol. The summed E-state index contributed by atoms with van der Waals surface area (Å²) in [6.07, 6.45) is 4.03. The lowest BCUT2D eigenvalue weighted by Gasteiger charge is -2.25. The molecule has 0 atom stereocenters. The fourth-order valence-corrected chi connectivity index (χ4v) is 2.97. The molecule has 1 N–H and O–H groups in total. The standard InChI is InChI=1S/C9H10Cl2N2O2S/c10-8-4-7(5-12-9(8)11)16(14,15)13-6-2-1-3-6/h4-6,13H,1-3H2. The van der Waals surface area contributed by atoms with Crippen molar-refractivity contribution >= 4 is 33.2 Å². The first-order valence-electron chi connectivity index (χ1n) is 4.82. The number of sulfonamides is 1. The minimum atomic E-state index is -3.52. The Hall–Kier alpha value is -0.360. The van der Waals surface area contributed by atoms with Crippen LogP contribution in [0, 0.1) is 0 Å². The van der Waals surface area contributed by atoms with Crippen LogP contribution in [0.1, 0.15) is 19.3 Å². The van der Waals surface area contributed by atoms with Crippen molar-refractivity contribution in [3.8, 4) is 0 Å². The van der Waals surface area contributed by atoms with Crippen LogP contribution < -0.4 is 4.72 Å². The van der Waals surface area contributed by atoms with Gasteiger partial charge >= 0.3 is 0 Å². The Balaban J connectivity index is 2.24. The topological polar surface area (TPSA) is 59.1 Å². The SMILES string of the molecule is O=S(=O)(NC1CCC1)c1cnc(Cl)c(Cl)c1. The Bertz CT molecular complexity index is 500. The van der Waals surface area contributed by atoms with Crippen LogP contribution in [0.3, 0.4) is 0 Å². The molecule has 1 fully saturated rings. The second-order valence-corrected chi connectivity index (χ2v) is 6.17. The number of rotatable bonds is 3. The van der Waals surface area contributed by atoms with Gasteiger partial charge in [0.15, 0.2) is 0 Å². The van der Waals surface area contributed by atoms with Gasteiger partial charge in [-0.3, -0.25) is 0 Å². The summed E-state index contributed by atoms with van der Waals surface area (Å²) in [7, 11) is -3.52. The fourth-order valence-electron chi connectivity index (χ4n) is 1.36. The molecular formula is C9H10Cl2N2O2S. The van der Waals surface area contributed by atoms with Gasteiger partial charge in [-0.2, -0.15) is 0 Å². The van der Waals surface area contributed by atoms with Gasteiger partial charge in [-0.1, -0.05) is 29.6 Å². The van der Waals surface area contributed by atoms with Crippen molar-refractivity contribution in [3.63, 3.8) is 0 Å². The van der Waals surface area contributed by atoms with Crippen LogP contribution in [-0.2, 0) is 10.0 Å². The van der Waals surface area contributed by atoms with Gasteiger partial charge in [-0.25, -0.2) is 18.1 Å². The van der Waals surface area contributed by atoms with E-state index in [2.05, 4.69) is 9.71 Å². The minimum absolute atomic E-state index is 0.0412. The van der Waals surface area contributed by atoms with Crippen molar-refractivity contribution in [2.45, 2.75) is 30.2 Å². The van der Waals surface area contributed by atoms with Gasteiger partial charge in [0.05, 0.1) is 5.02 Å². The Labute approximate surface area is 104 Å². The van der Waals surface area contributed by atoms with Crippen LogP contribution in [0.15, 0.2) is 17.2 Å².